The lowest BCUT2D eigenvalue weighted by atomic mass is 10.3. The molecule has 1 unspecified atom stereocenters. The summed E-state index contributed by atoms with van der Waals surface area (Å²) < 4.78 is 27.2. The van der Waals surface area contributed by atoms with Crippen LogP contribution in [-0.2, 0) is 18.7 Å². The Hall–Kier alpha value is 0.300. The molecular formula is C9H6Br3NO3S2. The summed E-state index contributed by atoms with van der Waals surface area (Å²) in [7, 11) is -1.89. The number of rotatable bonds is 1. The molecule has 18 heavy (non-hydrogen) atoms. The third kappa shape index (κ3) is 2.60. The summed E-state index contributed by atoms with van der Waals surface area (Å²) in [6.45, 7) is 0. The summed E-state index contributed by atoms with van der Waals surface area (Å²) in [5, 5.41) is 0.440. The lowest BCUT2D eigenvalue weighted by Crippen LogP contribution is -2.19. The van der Waals surface area contributed by atoms with Gasteiger partial charge in [0.25, 0.3) is 9.26 Å². The Morgan fingerprint density at radius 3 is 2.50 bits per heavy atom. The summed E-state index contributed by atoms with van der Waals surface area (Å²) >= 11 is 9.94. The van der Waals surface area contributed by atoms with Crippen LogP contribution in [0, 0.1) is 0 Å². The summed E-state index contributed by atoms with van der Waals surface area (Å²) in [6.07, 6.45) is 0. The van der Waals surface area contributed by atoms with Gasteiger partial charge in [0.2, 0.25) is 0 Å². The van der Waals surface area contributed by atoms with Crippen LogP contribution in [0.5, 0.6) is 5.75 Å². The number of fused-ring (bicyclic) bond motifs is 1. The zero-order chi connectivity index (χ0) is 13.5. The Morgan fingerprint density at radius 2 is 2.00 bits per heavy atom. The zero-order valence-corrected chi connectivity index (χ0v) is 15.2. The number of nitrogens with zero attached hydrogens (tertiary/aromatic N) is 1. The fourth-order valence-corrected chi connectivity index (χ4v) is 7.28. The van der Waals surface area contributed by atoms with Crippen molar-refractivity contribution < 1.29 is 13.2 Å². The van der Waals surface area contributed by atoms with Gasteiger partial charge in [0.1, 0.15) is 16.5 Å². The molecule has 1 atom stereocenters. The summed E-state index contributed by atoms with van der Waals surface area (Å²) in [4.78, 5) is 5.01. The van der Waals surface area contributed by atoms with Gasteiger partial charge in [-0.2, -0.15) is 8.42 Å². The Bertz CT molecular complexity index is 669. The summed E-state index contributed by atoms with van der Waals surface area (Å²) in [5.74, 6) is 0.558. The van der Waals surface area contributed by atoms with Crippen LogP contribution in [0.2, 0.25) is 0 Å². The highest BCUT2D eigenvalue weighted by molar-refractivity contribution is 9.40. The fourth-order valence-electron chi connectivity index (χ4n) is 1.48. The van der Waals surface area contributed by atoms with Crippen LogP contribution >= 0.6 is 47.8 Å². The molecular weight excluding hydrogens is 474 g/mol. The smallest absolute Gasteiger partial charge is 0.251 e. The van der Waals surface area contributed by atoms with Crippen LogP contribution in [-0.4, -0.2) is 22.7 Å². The SMILES string of the molecule is COc1cccc2c1N=C(C(Br)(Br)Br)S2=S(=O)=O. The van der Waals surface area contributed by atoms with E-state index in [1.54, 1.807) is 18.2 Å². The lowest BCUT2D eigenvalue weighted by Gasteiger charge is -2.11. The quantitative estimate of drug-likeness (QED) is 0.580. The van der Waals surface area contributed by atoms with E-state index in [2.05, 4.69) is 52.8 Å². The van der Waals surface area contributed by atoms with Gasteiger partial charge in [0, 0.05) is 9.45 Å². The summed E-state index contributed by atoms with van der Waals surface area (Å²) in [6, 6.07) is 5.24. The average molecular weight is 480 g/mol. The third-order valence-corrected chi connectivity index (χ3v) is 7.64. The first-order chi connectivity index (χ1) is 8.36. The largest absolute Gasteiger partial charge is 0.494 e. The topological polar surface area (TPSA) is 55.7 Å². The molecule has 0 fully saturated rings. The molecule has 1 aliphatic heterocycles. The maximum atomic E-state index is 11.4. The molecule has 0 aromatic heterocycles. The number of hydrogen-bond acceptors (Lipinski definition) is 4. The molecule has 98 valence electrons. The standard InChI is InChI=1S/C9H6Br3NO3S2/c1-16-5-3-2-4-6-7(5)13-8(9(10,11)12)17(6)18(14)15/h2-4H,1H3. The molecule has 0 radical (unpaired) electrons. The normalized spacial score (nSPS) is 18.2. The molecule has 2 rings (SSSR count). The predicted octanol–water partition coefficient (Wildman–Crippen LogP) is 3.35. The molecule has 1 aliphatic rings. The minimum atomic E-state index is -2.29. The van der Waals surface area contributed by atoms with Crippen molar-refractivity contribution in [1.82, 2.24) is 0 Å². The number of aliphatic imine (C=N–C) groups is 1. The number of ether oxygens (including phenoxy) is 1. The van der Waals surface area contributed by atoms with Crippen molar-refractivity contribution in [3.63, 3.8) is 0 Å². The maximum absolute atomic E-state index is 11.4. The van der Waals surface area contributed by atoms with E-state index in [0.29, 0.717) is 21.4 Å². The fraction of sp³-hybridized carbons (Fsp3) is 0.222. The zero-order valence-electron chi connectivity index (χ0n) is 8.85. The van der Waals surface area contributed by atoms with E-state index in [0.717, 1.165) is 0 Å². The minimum absolute atomic E-state index is 0.440. The highest BCUT2D eigenvalue weighted by atomic mass is 80.0. The molecule has 0 amide bonds. The van der Waals surface area contributed by atoms with Crippen molar-refractivity contribution >= 4 is 77.2 Å². The van der Waals surface area contributed by atoms with E-state index in [1.165, 1.54) is 7.11 Å². The number of methoxy groups -OCH3 is 1. The molecule has 0 N–H and O–H groups in total. The van der Waals surface area contributed by atoms with E-state index < -0.39 is 20.9 Å². The molecule has 9 heteroatoms. The van der Waals surface area contributed by atoms with E-state index in [4.69, 9.17) is 4.74 Å². The molecule has 0 spiro atoms. The van der Waals surface area contributed by atoms with Crippen molar-refractivity contribution in [1.29, 1.82) is 0 Å². The van der Waals surface area contributed by atoms with Crippen molar-refractivity contribution in [3.05, 3.63) is 18.2 Å². The van der Waals surface area contributed by atoms with Gasteiger partial charge in [0.15, 0.2) is 2.14 Å². The second-order valence-corrected chi connectivity index (χ2v) is 13.5. The first-order valence-corrected chi connectivity index (χ1v) is 9.72. The van der Waals surface area contributed by atoms with Crippen molar-refractivity contribution in [2.75, 3.05) is 7.11 Å². The van der Waals surface area contributed by atoms with Gasteiger partial charge in [-0.1, -0.05) is 53.9 Å². The van der Waals surface area contributed by atoms with Crippen LogP contribution in [0.25, 0.3) is 0 Å². The summed E-state index contributed by atoms with van der Waals surface area (Å²) in [5.41, 5.74) is 0.560. The Labute approximate surface area is 132 Å². The monoisotopic (exact) mass is 477 g/mol. The van der Waals surface area contributed by atoms with Crippen LogP contribution in [0.3, 0.4) is 0 Å². The van der Waals surface area contributed by atoms with Crippen molar-refractivity contribution in [2.24, 2.45) is 4.99 Å². The average Bonchev–Trinajstić information content (AvgIpc) is 2.67. The van der Waals surface area contributed by atoms with Gasteiger partial charge < -0.3 is 4.74 Å². The van der Waals surface area contributed by atoms with E-state index in [1.807, 2.05) is 0 Å². The predicted molar refractivity (Wildman–Crippen MR) is 84.2 cm³/mol. The van der Waals surface area contributed by atoms with Crippen LogP contribution in [0.15, 0.2) is 28.1 Å². The number of para-hydroxylation sites is 1. The second kappa shape index (κ2) is 5.35. The maximum Gasteiger partial charge on any atom is 0.251 e. The van der Waals surface area contributed by atoms with Gasteiger partial charge in [-0.3, -0.25) is 0 Å². The van der Waals surface area contributed by atoms with Gasteiger partial charge in [-0.25, -0.2) is 4.99 Å². The van der Waals surface area contributed by atoms with Gasteiger partial charge >= 0.3 is 0 Å². The van der Waals surface area contributed by atoms with Gasteiger partial charge in [-0.05, 0) is 12.1 Å². The molecule has 0 aliphatic carbocycles. The molecule has 1 aromatic carbocycles. The number of halogens is 3. The Kier molecular flexibility index (Phi) is 4.37. The number of benzene rings is 1. The molecule has 0 saturated heterocycles. The van der Waals surface area contributed by atoms with Crippen molar-refractivity contribution in [3.8, 4) is 5.75 Å². The van der Waals surface area contributed by atoms with Gasteiger partial charge in [-0.15, -0.1) is 0 Å². The first kappa shape index (κ1) is 14.7. The second-order valence-electron chi connectivity index (χ2n) is 3.19. The highest BCUT2D eigenvalue weighted by Crippen LogP contribution is 2.46. The Balaban J connectivity index is 2.81. The van der Waals surface area contributed by atoms with E-state index >= 15 is 0 Å². The number of alkyl halides is 3. The van der Waals surface area contributed by atoms with E-state index in [9.17, 15) is 8.42 Å². The molecule has 0 saturated carbocycles. The first-order valence-electron chi connectivity index (χ1n) is 4.53. The lowest BCUT2D eigenvalue weighted by molar-refractivity contribution is 0.415. The van der Waals surface area contributed by atoms with Crippen LogP contribution in [0.4, 0.5) is 5.69 Å². The van der Waals surface area contributed by atoms with Gasteiger partial charge in [0.05, 0.1) is 12.0 Å². The molecule has 0 bridgehead atoms. The third-order valence-electron chi connectivity index (χ3n) is 2.15. The number of hydrogen-bond donors (Lipinski definition) is 0. The molecule has 1 heterocycles. The van der Waals surface area contributed by atoms with E-state index in [-0.39, 0.29) is 0 Å². The highest BCUT2D eigenvalue weighted by Gasteiger charge is 2.37. The minimum Gasteiger partial charge on any atom is -0.494 e. The van der Waals surface area contributed by atoms with Crippen LogP contribution in [0.1, 0.15) is 0 Å². The van der Waals surface area contributed by atoms with Crippen LogP contribution < -0.4 is 4.74 Å². The Morgan fingerprint density at radius 1 is 1.33 bits per heavy atom. The molecule has 4 nitrogen and oxygen atoms in total. The van der Waals surface area contributed by atoms with Crippen molar-refractivity contribution in [2.45, 2.75) is 7.04 Å². The molecule has 1 aromatic rings.